The van der Waals surface area contributed by atoms with Gasteiger partial charge in [0.15, 0.2) is 5.75 Å². The van der Waals surface area contributed by atoms with Crippen LogP contribution in [0.3, 0.4) is 0 Å². The number of aromatic nitrogens is 2. The van der Waals surface area contributed by atoms with E-state index < -0.39 is 5.97 Å². The molecule has 0 saturated carbocycles. The van der Waals surface area contributed by atoms with Gasteiger partial charge in [0.25, 0.3) is 0 Å². The number of ether oxygens (including phenoxy) is 1. The number of benzene rings is 1. The first kappa shape index (κ1) is 19.4. The van der Waals surface area contributed by atoms with E-state index in [-0.39, 0.29) is 5.57 Å². The quantitative estimate of drug-likeness (QED) is 0.276. The molecule has 0 fully saturated rings. The van der Waals surface area contributed by atoms with Crippen LogP contribution >= 0.6 is 0 Å². The van der Waals surface area contributed by atoms with Gasteiger partial charge < -0.3 is 9.30 Å². The maximum Gasteiger partial charge on any atom is 0.354 e. The van der Waals surface area contributed by atoms with Crippen molar-refractivity contribution >= 4 is 22.9 Å². The minimum absolute atomic E-state index is 0.0404. The summed E-state index contributed by atoms with van der Waals surface area (Å²) in [6, 6.07) is 13.2. The van der Waals surface area contributed by atoms with Gasteiger partial charge in [-0.1, -0.05) is 25.1 Å². The first-order valence-corrected chi connectivity index (χ1v) is 9.31. The number of pyridine rings is 1. The summed E-state index contributed by atoms with van der Waals surface area (Å²) in [4.78, 5) is 17.1. The topological polar surface area (TPSA) is 67.9 Å². The Balaban J connectivity index is 1.94. The molecule has 0 N–H and O–H groups in total. The van der Waals surface area contributed by atoms with Crippen molar-refractivity contribution in [2.24, 2.45) is 0 Å². The van der Waals surface area contributed by atoms with Crippen LogP contribution in [0.15, 0.2) is 42.0 Å². The zero-order chi connectivity index (χ0) is 20.3. The molecular weight excluding hydrogens is 350 g/mol. The van der Waals surface area contributed by atoms with E-state index >= 15 is 0 Å². The second-order valence-corrected chi connectivity index (χ2v) is 6.82. The standard InChI is InChI=1S/C23H23N3O2/c1-5-11-26-16(3)12-19(17(26)4)13-20(14-24)23(27)28-21-8-6-7-18-10-9-15(2)25-22(18)21/h6-10,12-13H,5,11H2,1-4H3/b20-13-. The van der Waals surface area contributed by atoms with Crippen molar-refractivity contribution in [3.63, 3.8) is 0 Å². The first-order valence-electron chi connectivity index (χ1n) is 9.31. The van der Waals surface area contributed by atoms with Crippen LogP contribution < -0.4 is 4.74 Å². The normalized spacial score (nSPS) is 11.5. The number of nitrogens with zero attached hydrogens (tertiary/aromatic N) is 3. The fraction of sp³-hybridized carbons (Fsp3) is 0.261. The zero-order valence-corrected chi connectivity index (χ0v) is 16.6. The number of hydrogen-bond acceptors (Lipinski definition) is 4. The van der Waals surface area contributed by atoms with Crippen molar-refractivity contribution < 1.29 is 9.53 Å². The van der Waals surface area contributed by atoms with Gasteiger partial charge in [-0.3, -0.25) is 0 Å². The van der Waals surface area contributed by atoms with Crippen LogP contribution in [0.4, 0.5) is 0 Å². The third kappa shape index (κ3) is 3.81. The Morgan fingerprint density at radius 1 is 1.25 bits per heavy atom. The molecule has 0 bridgehead atoms. The fourth-order valence-electron chi connectivity index (χ4n) is 3.29. The molecule has 2 heterocycles. The minimum atomic E-state index is -0.682. The Morgan fingerprint density at radius 2 is 2.04 bits per heavy atom. The molecule has 0 aliphatic carbocycles. The van der Waals surface area contributed by atoms with E-state index in [1.165, 1.54) is 0 Å². The molecule has 1 aromatic carbocycles. The highest BCUT2D eigenvalue weighted by Crippen LogP contribution is 2.25. The highest BCUT2D eigenvalue weighted by atomic mass is 16.5. The number of esters is 1. The smallest absolute Gasteiger partial charge is 0.354 e. The van der Waals surface area contributed by atoms with Gasteiger partial charge in [-0.25, -0.2) is 9.78 Å². The average Bonchev–Trinajstić information content (AvgIpc) is 2.94. The zero-order valence-electron chi connectivity index (χ0n) is 16.6. The predicted octanol–water partition coefficient (Wildman–Crippen LogP) is 4.88. The summed E-state index contributed by atoms with van der Waals surface area (Å²) < 4.78 is 7.72. The Bertz CT molecular complexity index is 1120. The average molecular weight is 373 g/mol. The van der Waals surface area contributed by atoms with Crippen LogP contribution in [0.1, 0.15) is 36.0 Å². The summed E-state index contributed by atoms with van der Waals surface area (Å²) in [5.74, 6) is -0.331. The van der Waals surface area contributed by atoms with Crippen LogP contribution in [-0.4, -0.2) is 15.5 Å². The van der Waals surface area contributed by atoms with Gasteiger partial charge in [-0.05, 0) is 57.0 Å². The number of fused-ring (bicyclic) bond motifs is 1. The van der Waals surface area contributed by atoms with Gasteiger partial charge in [-0.15, -0.1) is 0 Å². The van der Waals surface area contributed by atoms with E-state index in [1.807, 2.05) is 51.1 Å². The number of carbonyl (C=O) groups excluding carboxylic acids is 1. The van der Waals surface area contributed by atoms with E-state index in [0.29, 0.717) is 11.3 Å². The van der Waals surface area contributed by atoms with E-state index in [9.17, 15) is 10.1 Å². The number of rotatable bonds is 5. The lowest BCUT2D eigenvalue weighted by atomic mass is 10.1. The van der Waals surface area contributed by atoms with Crippen molar-refractivity contribution in [1.82, 2.24) is 9.55 Å². The summed E-state index contributed by atoms with van der Waals surface area (Å²) in [5.41, 5.74) is 4.38. The monoisotopic (exact) mass is 373 g/mol. The largest absolute Gasteiger partial charge is 0.420 e. The van der Waals surface area contributed by atoms with Gasteiger partial charge >= 0.3 is 5.97 Å². The molecule has 5 heteroatoms. The molecule has 0 radical (unpaired) electrons. The Hall–Kier alpha value is -3.39. The molecule has 0 aliphatic rings. The van der Waals surface area contributed by atoms with Gasteiger partial charge in [-0.2, -0.15) is 5.26 Å². The minimum Gasteiger partial charge on any atom is -0.420 e. The first-order chi connectivity index (χ1) is 13.4. The van der Waals surface area contributed by atoms with Gasteiger partial charge in [0.05, 0.1) is 0 Å². The van der Waals surface area contributed by atoms with Crippen molar-refractivity contribution in [3.8, 4) is 11.8 Å². The Labute approximate surface area is 164 Å². The SMILES string of the molecule is CCCn1c(C)cc(/C=C(/C#N)C(=O)Oc2cccc3ccc(C)nc23)c1C. The molecule has 142 valence electrons. The fourth-order valence-corrected chi connectivity index (χ4v) is 3.29. The maximum atomic E-state index is 12.7. The summed E-state index contributed by atoms with van der Waals surface area (Å²) >= 11 is 0. The summed E-state index contributed by atoms with van der Waals surface area (Å²) in [6.45, 7) is 8.91. The maximum absolute atomic E-state index is 12.7. The second-order valence-electron chi connectivity index (χ2n) is 6.82. The van der Waals surface area contributed by atoms with E-state index in [4.69, 9.17) is 4.74 Å². The van der Waals surface area contributed by atoms with Gasteiger partial charge in [0.1, 0.15) is 17.2 Å². The van der Waals surface area contributed by atoms with Crippen molar-refractivity contribution in [2.45, 2.75) is 40.7 Å². The molecule has 2 aromatic heterocycles. The number of aryl methyl sites for hydroxylation is 2. The summed E-state index contributed by atoms with van der Waals surface area (Å²) in [6.07, 6.45) is 2.61. The molecule has 0 aliphatic heterocycles. The van der Waals surface area contributed by atoms with Gasteiger partial charge in [0.2, 0.25) is 0 Å². The van der Waals surface area contributed by atoms with Crippen molar-refractivity contribution in [3.05, 3.63) is 64.6 Å². The lowest BCUT2D eigenvalue weighted by Gasteiger charge is -2.08. The van der Waals surface area contributed by atoms with Crippen molar-refractivity contribution in [2.75, 3.05) is 0 Å². The molecule has 0 unspecified atom stereocenters. The lowest BCUT2D eigenvalue weighted by molar-refractivity contribution is -0.129. The Morgan fingerprint density at radius 3 is 2.75 bits per heavy atom. The number of para-hydroxylation sites is 1. The summed E-state index contributed by atoms with van der Waals surface area (Å²) in [7, 11) is 0. The molecule has 0 spiro atoms. The number of carbonyl (C=O) groups is 1. The second kappa shape index (κ2) is 8.10. The third-order valence-corrected chi connectivity index (χ3v) is 4.73. The predicted molar refractivity (Wildman–Crippen MR) is 110 cm³/mol. The molecule has 28 heavy (non-hydrogen) atoms. The van der Waals surface area contributed by atoms with Crippen LogP contribution in [0.5, 0.6) is 5.75 Å². The molecular formula is C23H23N3O2. The Kier molecular flexibility index (Phi) is 5.60. The molecule has 5 nitrogen and oxygen atoms in total. The van der Waals surface area contributed by atoms with E-state index in [2.05, 4.69) is 16.5 Å². The van der Waals surface area contributed by atoms with Gasteiger partial charge in [0, 0.05) is 29.0 Å². The lowest BCUT2D eigenvalue weighted by Crippen LogP contribution is -2.11. The van der Waals surface area contributed by atoms with Crippen LogP contribution in [0.2, 0.25) is 0 Å². The van der Waals surface area contributed by atoms with Crippen molar-refractivity contribution in [1.29, 1.82) is 5.26 Å². The highest BCUT2D eigenvalue weighted by molar-refractivity contribution is 6.00. The summed E-state index contributed by atoms with van der Waals surface area (Å²) in [5, 5.41) is 10.4. The third-order valence-electron chi connectivity index (χ3n) is 4.73. The van der Waals surface area contributed by atoms with E-state index in [0.717, 1.165) is 41.0 Å². The van der Waals surface area contributed by atoms with E-state index in [1.54, 1.807) is 18.2 Å². The van der Waals surface area contributed by atoms with Crippen LogP contribution in [0, 0.1) is 32.1 Å². The van der Waals surface area contributed by atoms with Crippen LogP contribution in [0.25, 0.3) is 17.0 Å². The molecule has 0 saturated heterocycles. The molecule has 0 amide bonds. The molecule has 3 rings (SSSR count). The molecule has 3 aromatic rings. The van der Waals surface area contributed by atoms with Crippen LogP contribution in [-0.2, 0) is 11.3 Å². The molecule has 0 atom stereocenters. The number of hydrogen-bond donors (Lipinski definition) is 0. The number of nitriles is 1. The highest BCUT2D eigenvalue weighted by Gasteiger charge is 2.16.